The third kappa shape index (κ3) is 17.3. The van der Waals surface area contributed by atoms with Crippen LogP contribution in [-0.2, 0) is 49.3 Å². The first-order chi connectivity index (χ1) is 42.5. The van der Waals surface area contributed by atoms with Crippen molar-refractivity contribution in [2.75, 3.05) is 35.5 Å². The number of sulfonamides is 3. The summed E-state index contributed by atoms with van der Waals surface area (Å²) in [5.41, 5.74) is 9.01. The summed E-state index contributed by atoms with van der Waals surface area (Å²) < 4.78 is 101. The zero-order valence-electron chi connectivity index (χ0n) is 49.6. The third-order valence-electron chi connectivity index (χ3n) is 13.6. The summed E-state index contributed by atoms with van der Waals surface area (Å²) in [6, 6.07) is 46.3. The number of H-pyrrole nitrogens is 2. The predicted molar refractivity (Wildman–Crippen MR) is 341 cm³/mol. The number of nitrogens with zero attached hydrogens (tertiary/aromatic N) is 3. The molecule has 0 bridgehead atoms. The van der Waals surface area contributed by atoms with E-state index in [4.69, 9.17) is 14.2 Å². The molecule has 0 atom stereocenters. The quantitative estimate of drug-likeness (QED) is 0.0394. The summed E-state index contributed by atoms with van der Waals surface area (Å²) >= 11 is 0. The maximum absolute atomic E-state index is 13.0. The molecule has 0 aliphatic carbocycles. The van der Waals surface area contributed by atoms with Gasteiger partial charge in [-0.2, -0.15) is 0 Å². The number of hydrogen-bond acceptors (Lipinski definition) is 15. The standard InChI is InChI=1S/C25H23N3O4S.C22H22N2O4S.C19H19N3O4S/c1-17-8-11-20(12-9-17)28-33(30,31)24-15-18(10-13-23(24)32-2)14-22(29)21-16-26-25(27-21)19-6-4-3-5-7-19;1-15-4-7-18(8-5-15)24-29(26,27)22-13-17(6-9-21(22)28-3)12-20(25)19-14-23-11-10-16(19)2;1-13-3-6-15(7-4-13)22-27(24,25)19-10-14(5-8-18(19)26-2)9-17(23)16-11-20-12-21-16/h3-13,15-16,28H,14H2,1-2H3,(H,26,27);4-11,13-14,24H,12H2,1-3H3;3-8,10-12,22H,9H2,1-2H3,(H,20,21). The highest BCUT2D eigenvalue weighted by molar-refractivity contribution is 7.93. The fourth-order valence-corrected chi connectivity index (χ4v) is 12.7. The highest BCUT2D eigenvalue weighted by Crippen LogP contribution is 2.31. The first kappa shape index (κ1) is 64.8. The second-order valence-corrected chi connectivity index (χ2v) is 25.3. The van der Waals surface area contributed by atoms with Crippen molar-refractivity contribution in [2.45, 2.75) is 61.6 Å². The van der Waals surface area contributed by atoms with Gasteiger partial charge in [-0.3, -0.25) is 33.5 Å². The zero-order valence-corrected chi connectivity index (χ0v) is 52.0. The molecule has 3 heterocycles. The van der Waals surface area contributed by atoms with Crippen LogP contribution in [0, 0.1) is 27.7 Å². The van der Waals surface area contributed by atoms with Gasteiger partial charge in [-0.25, -0.2) is 35.2 Å². The highest BCUT2D eigenvalue weighted by atomic mass is 32.2. The Balaban J connectivity index is 0.000000174. The van der Waals surface area contributed by atoms with Crippen LogP contribution in [0.5, 0.6) is 17.2 Å². The van der Waals surface area contributed by atoms with Gasteiger partial charge < -0.3 is 24.2 Å². The molecule has 0 radical (unpaired) electrons. The molecule has 0 fully saturated rings. The Kier molecular flexibility index (Phi) is 21.1. The Morgan fingerprint density at radius 2 is 0.854 bits per heavy atom. The van der Waals surface area contributed by atoms with Gasteiger partial charge >= 0.3 is 0 Å². The Morgan fingerprint density at radius 3 is 1.24 bits per heavy atom. The minimum Gasteiger partial charge on any atom is -0.495 e. The molecule has 0 saturated heterocycles. The molecule has 458 valence electrons. The number of ketones is 3. The Labute approximate surface area is 517 Å². The lowest BCUT2D eigenvalue weighted by Crippen LogP contribution is -2.15. The molecule has 23 heteroatoms. The van der Waals surface area contributed by atoms with Gasteiger partial charge in [0.05, 0.1) is 40.1 Å². The SMILES string of the molecule is COc1ccc(CC(=O)c2cnc(-c3ccccc3)[nH]2)cc1S(=O)(=O)Nc1ccc(C)cc1.COc1ccc(CC(=O)c2cnc[nH]2)cc1S(=O)(=O)Nc1ccc(C)cc1.COc1ccc(CC(=O)c2cnccc2C)cc1S(=O)(=O)Nc1ccc(C)cc1. The number of hydrogen-bond donors (Lipinski definition) is 5. The lowest BCUT2D eigenvalue weighted by atomic mass is 10.0. The number of carbonyl (C=O) groups is 3. The number of imidazole rings is 2. The van der Waals surface area contributed by atoms with Crippen molar-refractivity contribution in [3.63, 3.8) is 0 Å². The molecule has 0 aliphatic rings. The van der Waals surface area contributed by atoms with Gasteiger partial charge in [0.2, 0.25) is 0 Å². The second kappa shape index (κ2) is 29.0. The number of aryl methyl sites for hydroxylation is 4. The van der Waals surface area contributed by atoms with Crippen LogP contribution < -0.4 is 28.4 Å². The number of rotatable bonds is 22. The Hall–Kier alpha value is -10.2. The first-order valence-electron chi connectivity index (χ1n) is 27.4. The van der Waals surface area contributed by atoms with Gasteiger partial charge in [0.1, 0.15) is 49.1 Å². The number of aromatic amines is 2. The van der Waals surface area contributed by atoms with Gasteiger partial charge in [0, 0.05) is 59.8 Å². The number of ether oxygens (including phenoxy) is 3. The summed E-state index contributed by atoms with van der Waals surface area (Å²) in [6.45, 7) is 7.60. The van der Waals surface area contributed by atoms with E-state index in [1.54, 1.807) is 85.1 Å². The van der Waals surface area contributed by atoms with Crippen molar-refractivity contribution in [3.8, 4) is 28.6 Å². The number of pyridine rings is 1. The van der Waals surface area contributed by atoms with Crippen molar-refractivity contribution < 1.29 is 53.8 Å². The van der Waals surface area contributed by atoms with Gasteiger partial charge in [0.25, 0.3) is 30.1 Å². The summed E-state index contributed by atoms with van der Waals surface area (Å²) in [5, 5.41) is 0. The van der Waals surface area contributed by atoms with Gasteiger partial charge in [0.15, 0.2) is 17.3 Å². The van der Waals surface area contributed by atoms with Crippen LogP contribution in [0.4, 0.5) is 17.1 Å². The molecule has 0 saturated carbocycles. The molecular weight excluding hydrogens is 1190 g/mol. The summed E-state index contributed by atoms with van der Waals surface area (Å²) in [5.74, 6) is 0.677. The number of methoxy groups -OCH3 is 3. The number of anilines is 3. The van der Waals surface area contributed by atoms with Gasteiger partial charge in [-0.1, -0.05) is 102 Å². The summed E-state index contributed by atoms with van der Waals surface area (Å²) in [7, 11) is -7.51. The van der Waals surface area contributed by atoms with Gasteiger partial charge in [-0.15, -0.1) is 0 Å². The lowest BCUT2D eigenvalue weighted by Gasteiger charge is -2.13. The topological polar surface area (TPSA) is 288 Å². The monoisotopic (exact) mass is 1260 g/mol. The van der Waals surface area contributed by atoms with Crippen molar-refractivity contribution in [3.05, 3.63) is 251 Å². The fraction of sp³-hybridized carbons (Fsp3) is 0.152. The molecule has 0 aliphatic heterocycles. The molecular formula is C66H64N8O12S3. The molecule has 0 spiro atoms. The maximum Gasteiger partial charge on any atom is 0.265 e. The molecule has 0 amide bonds. The van der Waals surface area contributed by atoms with E-state index in [-0.39, 0.29) is 68.5 Å². The van der Waals surface area contributed by atoms with Crippen LogP contribution in [-0.4, -0.2) is 88.9 Å². The average Bonchev–Trinajstić information content (AvgIpc) is 4.23. The van der Waals surface area contributed by atoms with Crippen molar-refractivity contribution in [2.24, 2.45) is 0 Å². The smallest absolute Gasteiger partial charge is 0.265 e. The van der Waals surface area contributed by atoms with Crippen molar-refractivity contribution >= 4 is 64.5 Å². The molecule has 89 heavy (non-hydrogen) atoms. The Bertz CT molecular complexity index is 4470. The normalized spacial score (nSPS) is 11.2. The van der Waals surface area contributed by atoms with E-state index in [1.165, 1.54) is 64.4 Å². The van der Waals surface area contributed by atoms with Crippen molar-refractivity contribution in [1.82, 2.24) is 24.9 Å². The average molecular weight is 1260 g/mol. The van der Waals surface area contributed by atoms with Crippen molar-refractivity contribution in [1.29, 1.82) is 0 Å². The Morgan fingerprint density at radius 1 is 0.449 bits per heavy atom. The van der Waals surface area contributed by atoms with E-state index in [1.807, 2.05) is 94.4 Å². The largest absolute Gasteiger partial charge is 0.495 e. The molecule has 10 aromatic rings. The van der Waals surface area contributed by atoms with Crippen LogP contribution >= 0.6 is 0 Å². The van der Waals surface area contributed by atoms with Crippen LogP contribution in [0.2, 0.25) is 0 Å². The minimum atomic E-state index is -3.93. The van der Waals surface area contributed by atoms with Crippen LogP contribution in [0.15, 0.2) is 210 Å². The molecule has 7 aromatic carbocycles. The lowest BCUT2D eigenvalue weighted by molar-refractivity contribution is 0.0980. The highest BCUT2D eigenvalue weighted by Gasteiger charge is 2.25. The number of aromatic nitrogens is 5. The molecule has 5 N–H and O–H groups in total. The van der Waals surface area contributed by atoms with E-state index in [9.17, 15) is 39.6 Å². The van der Waals surface area contributed by atoms with E-state index < -0.39 is 30.1 Å². The predicted octanol–water partition coefficient (Wildman–Crippen LogP) is 11.5. The molecule has 10 rings (SSSR count). The number of benzene rings is 7. The first-order valence-corrected chi connectivity index (χ1v) is 31.9. The summed E-state index contributed by atoms with van der Waals surface area (Å²) in [4.78, 5) is 55.5. The third-order valence-corrected chi connectivity index (χ3v) is 17.8. The number of nitrogens with one attached hydrogen (secondary N) is 5. The van der Waals surface area contributed by atoms with E-state index in [0.717, 1.165) is 27.8 Å². The van der Waals surface area contributed by atoms with Gasteiger partial charge in [-0.05, 0) is 129 Å². The zero-order chi connectivity index (χ0) is 63.9. The van der Waals surface area contributed by atoms with E-state index in [0.29, 0.717) is 56.5 Å². The van der Waals surface area contributed by atoms with E-state index in [2.05, 4.69) is 39.1 Å². The van der Waals surface area contributed by atoms with E-state index >= 15 is 0 Å². The summed E-state index contributed by atoms with van der Waals surface area (Å²) in [6.07, 6.45) is 7.60. The van der Waals surface area contributed by atoms with Crippen LogP contribution in [0.25, 0.3) is 11.4 Å². The molecule has 3 aromatic heterocycles. The second-order valence-electron chi connectivity index (χ2n) is 20.3. The fourth-order valence-electron chi connectivity index (χ4n) is 8.83. The maximum atomic E-state index is 13.0. The minimum absolute atomic E-state index is 0.00741. The molecule has 0 unspecified atom stereocenters. The van der Waals surface area contributed by atoms with Crippen LogP contribution in [0.1, 0.15) is 70.3 Å². The molecule has 20 nitrogen and oxygen atoms in total. The number of Topliss-reactive ketones (excluding diaryl/α,β-unsaturated/α-hetero) is 3. The van der Waals surface area contributed by atoms with Crippen LogP contribution in [0.3, 0.4) is 0 Å². The number of carbonyl (C=O) groups excluding carboxylic acids is 3.